The maximum Gasteiger partial charge on any atom is 0.261 e. The summed E-state index contributed by atoms with van der Waals surface area (Å²) in [6.45, 7) is 0. The van der Waals surface area contributed by atoms with Gasteiger partial charge >= 0.3 is 0 Å². The Morgan fingerprint density at radius 1 is 1.00 bits per heavy atom. The molecular formula is C6H14N4O4S2. The van der Waals surface area contributed by atoms with Crippen molar-refractivity contribution < 1.29 is 20.0 Å². The summed E-state index contributed by atoms with van der Waals surface area (Å²) in [6.07, 6.45) is 0. The van der Waals surface area contributed by atoms with Crippen molar-refractivity contribution in [2.45, 2.75) is 12.1 Å². The van der Waals surface area contributed by atoms with E-state index in [0.29, 0.717) is 0 Å². The lowest BCUT2D eigenvalue weighted by Gasteiger charge is -2.10. The van der Waals surface area contributed by atoms with Crippen LogP contribution in [-0.2, 0) is 9.59 Å². The second kappa shape index (κ2) is 8.61. The number of rotatable bonds is 7. The van der Waals surface area contributed by atoms with Crippen molar-refractivity contribution in [2.24, 2.45) is 11.5 Å². The summed E-state index contributed by atoms with van der Waals surface area (Å²) in [6, 6.07) is -1.66. The van der Waals surface area contributed by atoms with Crippen molar-refractivity contribution in [3.8, 4) is 0 Å². The zero-order chi connectivity index (χ0) is 12.6. The number of hydroxylamine groups is 2. The lowest BCUT2D eigenvalue weighted by Crippen LogP contribution is -2.41. The topological polar surface area (TPSA) is 151 Å². The van der Waals surface area contributed by atoms with E-state index < -0.39 is 23.9 Å². The van der Waals surface area contributed by atoms with Crippen LogP contribution in [0.3, 0.4) is 0 Å². The van der Waals surface area contributed by atoms with E-state index in [4.69, 9.17) is 21.9 Å². The van der Waals surface area contributed by atoms with Gasteiger partial charge in [0.15, 0.2) is 0 Å². The summed E-state index contributed by atoms with van der Waals surface area (Å²) in [5.41, 5.74) is 13.6. The Labute approximate surface area is 99.8 Å². The van der Waals surface area contributed by atoms with Gasteiger partial charge in [-0.1, -0.05) is 21.6 Å². The normalized spacial score (nSPS) is 14.0. The van der Waals surface area contributed by atoms with Gasteiger partial charge in [-0.15, -0.1) is 0 Å². The van der Waals surface area contributed by atoms with Crippen molar-refractivity contribution in [1.82, 2.24) is 11.0 Å². The summed E-state index contributed by atoms with van der Waals surface area (Å²) in [5.74, 6) is -0.814. The van der Waals surface area contributed by atoms with E-state index >= 15 is 0 Å². The summed E-state index contributed by atoms with van der Waals surface area (Å²) in [7, 11) is 2.48. The number of amides is 2. The summed E-state index contributed by atoms with van der Waals surface area (Å²) in [4.78, 5) is 21.5. The number of hydrogen-bond acceptors (Lipinski definition) is 8. The van der Waals surface area contributed by atoms with Crippen LogP contribution in [0.25, 0.3) is 0 Å². The van der Waals surface area contributed by atoms with Crippen molar-refractivity contribution >= 4 is 33.4 Å². The van der Waals surface area contributed by atoms with Gasteiger partial charge < -0.3 is 11.5 Å². The largest absolute Gasteiger partial charge is 0.319 e. The summed E-state index contributed by atoms with van der Waals surface area (Å²) < 4.78 is 0. The molecule has 0 rings (SSSR count). The van der Waals surface area contributed by atoms with E-state index in [2.05, 4.69) is 0 Å². The minimum Gasteiger partial charge on any atom is -0.319 e. The third kappa shape index (κ3) is 6.15. The fraction of sp³-hybridized carbons (Fsp3) is 0.667. The highest BCUT2D eigenvalue weighted by Gasteiger charge is 2.15. The number of carbonyl (C=O) groups is 2. The number of carbonyl (C=O) groups excluding carboxylic acids is 2. The highest BCUT2D eigenvalue weighted by atomic mass is 33.1. The lowest BCUT2D eigenvalue weighted by molar-refractivity contribution is -0.130. The molecule has 8 nitrogen and oxygen atoms in total. The molecular weight excluding hydrogens is 256 g/mol. The molecule has 0 fully saturated rings. The van der Waals surface area contributed by atoms with Gasteiger partial charge in [-0.05, 0) is 0 Å². The molecule has 2 atom stereocenters. The van der Waals surface area contributed by atoms with Gasteiger partial charge in [0.1, 0.15) is 0 Å². The quantitative estimate of drug-likeness (QED) is 0.135. The smallest absolute Gasteiger partial charge is 0.261 e. The summed E-state index contributed by atoms with van der Waals surface area (Å²) >= 11 is 0. The minimum atomic E-state index is -0.828. The first-order chi connectivity index (χ1) is 7.52. The van der Waals surface area contributed by atoms with Crippen LogP contribution in [-0.4, -0.2) is 45.8 Å². The van der Waals surface area contributed by atoms with Gasteiger partial charge in [0, 0.05) is 11.5 Å². The first-order valence-corrected chi connectivity index (χ1v) is 6.65. The van der Waals surface area contributed by atoms with Crippen LogP contribution in [0.4, 0.5) is 0 Å². The van der Waals surface area contributed by atoms with E-state index in [1.165, 1.54) is 32.5 Å². The highest BCUT2D eigenvalue weighted by molar-refractivity contribution is 8.76. The van der Waals surface area contributed by atoms with Crippen LogP contribution in [0, 0.1) is 0 Å². The molecule has 0 aromatic heterocycles. The highest BCUT2D eigenvalue weighted by Crippen LogP contribution is 2.22. The molecule has 0 aliphatic rings. The molecule has 0 radical (unpaired) electrons. The van der Waals surface area contributed by atoms with Crippen molar-refractivity contribution in [3.05, 3.63) is 0 Å². The Bertz CT molecular complexity index is 219. The first-order valence-electron chi connectivity index (χ1n) is 4.16. The Morgan fingerprint density at radius 3 is 1.56 bits per heavy atom. The van der Waals surface area contributed by atoms with Gasteiger partial charge in [-0.25, -0.2) is 11.0 Å². The fourth-order valence-corrected chi connectivity index (χ4v) is 2.81. The van der Waals surface area contributed by atoms with E-state index in [0.717, 1.165) is 0 Å². The predicted octanol–water partition coefficient (Wildman–Crippen LogP) is -1.97. The van der Waals surface area contributed by atoms with Crippen LogP contribution in [0.15, 0.2) is 0 Å². The van der Waals surface area contributed by atoms with Crippen LogP contribution >= 0.6 is 21.6 Å². The average molecular weight is 270 g/mol. The maximum absolute atomic E-state index is 10.8. The van der Waals surface area contributed by atoms with E-state index in [-0.39, 0.29) is 11.5 Å². The molecule has 0 aliphatic carbocycles. The van der Waals surface area contributed by atoms with Gasteiger partial charge in [0.05, 0.1) is 12.1 Å². The van der Waals surface area contributed by atoms with Crippen LogP contribution in [0.2, 0.25) is 0 Å². The number of nitrogens with two attached hydrogens (primary N) is 2. The fourth-order valence-electron chi connectivity index (χ4n) is 0.560. The average Bonchev–Trinajstić information content (AvgIpc) is 2.31. The van der Waals surface area contributed by atoms with Gasteiger partial charge in [0.25, 0.3) is 11.8 Å². The Balaban J connectivity index is 3.60. The molecule has 94 valence electrons. The zero-order valence-electron chi connectivity index (χ0n) is 8.25. The monoisotopic (exact) mass is 270 g/mol. The molecule has 0 spiro atoms. The molecule has 0 aromatic rings. The number of hydrogen-bond donors (Lipinski definition) is 6. The first kappa shape index (κ1) is 15.5. The van der Waals surface area contributed by atoms with Crippen molar-refractivity contribution in [2.75, 3.05) is 11.5 Å². The molecule has 0 saturated carbocycles. The Hall–Kier alpha value is -0.520. The molecule has 8 N–H and O–H groups in total. The maximum atomic E-state index is 10.8. The Kier molecular flexibility index (Phi) is 8.33. The lowest BCUT2D eigenvalue weighted by atomic mass is 10.3. The number of nitrogens with one attached hydrogen (secondary N) is 2. The molecule has 0 saturated heterocycles. The van der Waals surface area contributed by atoms with E-state index in [1.807, 2.05) is 0 Å². The van der Waals surface area contributed by atoms with Gasteiger partial charge in [-0.3, -0.25) is 20.0 Å². The van der Waals surface area contributed by atoms with Crippen LogP contribution in [0.1, 0.15) is 0 Å². The van der Waals surface area contributed by atoms with Crippen molar-refractivity contribution in [3.63, 3.8) is 0 Å². The third-order valence-electron chi connectivity index (χ3n) is 1.47. The second-order valence-electron chi connectivity index (χ2n) is 2.73. The van der Waals surface area contributed by atoms with Gasteiger partial charge in [-0.2, -0.15) is 0 Å². The minimum absolute atomic E-state index is 0.268. The molecule has 16 heavy (non-hydrogen) atoms. The van der Waals surface area contributed by atoms with Gasteiger partial charge in [0.2, 0.25) is 0 Å². The van der Waals surface area contributed by atoms with Crippen molar-refractivity contribution in [1.29, 1.82) is 0 Å². The molecule has 10 heteroatoms. The third-order valence-corrected chi connectivity index (χ3v) is 3.95. The molecule has 0 bridgehead atoms. The second-order valence-corrected chi connectivity index (χ2v) is 5.29. The molecule has 2 amide bonds. The Morgan fingerprint density at radius 2 is 1.31 bits per heavy atom. The summed E-state index contributed by atoms with van der Waals surface area (Å²) in [5, 5.41) is 16.5. The predicted molar refractivity (Wildman–Crippen MR) is 60.7 cm³/mol. The molecule has 0 unspecified atom stereocenters. The SMILES string of the molecule is N[C@@H](CSSC[C@H](N)C(=O)NO)C(=O)NO. The molecule has 0 aromatic carbocycles. The van der Waals surface area contributed by atoms with E-state index in [1.54, 1.807) is 0 Å². The van der Waals surface area contributed by atoms with Crippen LogP contribution in [0.5, 0.6) is 0 Å². The molecule has 0 heterocycles. The zero-order valence-corrected chi connectivity index (χ0v) is 9.88. The molecule has 0 aliphatic heterocycles. The van der Waals surface area contributed by atoms with E-state index in [9.17, 15) is 9.59 Å². The van der Waals surface area contributed by atoms with Crippen LogP contribution < -0.4 is 22.4 Å². The standard InChI is InChI=1S/C6H14N4O4S2/c7-3(5(11)9-13)1-15-16-2-4(8)6(12)10-14/h3-4,13-14H,1-2,7-8H2,(H,9,11)(H,10,12)/t3-,4-/m0/s1.